The fraction of sp³-hybridized carbons (Fsp3) is 0.310. The number of carbonyl (C=O) groups is 2. The highest BCUT2D eigenvalue weighted by Gasteiger charge is 2.35. The molecule has 0 unspecified atom stereocenters. The van der Waals surface area contributed by atoms with Gasteiger partial charge in [-0.25, -0.2) is 12.8 Å². The van der Waals surface area contributed by atoms with Crippen LogP contribution < -0.4 is 9.62 Å². The molecule has 41 heavy (non-hydrogen) atoms. The van der Waals surface area contributed by atoms with Crippen molar-refractivity contribution in [3.63, 3.8) is 0 Å². The monoisotopic (exact) mass is 593 g/mol. The van der Waals surface area contributed by atoms with Gasteiger partial charge >= 0.3 is 6.18 Å². The molecule has 0 aliphatic heterocycles. The number of carbonyl (C=O) groups excluding carboxylic acids is 2. The number of alkyl halides is 3. The third-order valence-electron chi connectivity index (χ3n) is 6.54. The molecule has 0 heterocycles. The summed E-state index contributed by atoms with van der Waals surface area (Å²) in [5.41, 5.74) is -1.44. The highest BCUT2D eigenvalue weighted by molar-refractivity contribution is 7.92. The standard InChI is InChI=1S/C29H31F4N3O4S/c1-4-20(2)34-28(38)21(3)35(18-22-11-8-9-16-26(22)30)27(37)19-36(41(39,40)25-14-6-5-7-15-25)24-13-10-12-23(17-24)29(31,32)33/h5-17,20-21H,4,18-19H2,1-3H3,(H,34,38)/t20-,21-/m1/s1. The molecule has 3 aromatic rings. The molecule has 0 saturated heterocycles. The lowest BCUT2D eigenvalue weighted by Gasteiger charge is -2.32. The van der Waals surface area contributed by atoms with Crippen molar-refractivity contribution in [2.45, 2.75) is 56.9 Å². The number of hydrogen-bond acceptors (Lipinski definition) is 4. The fourth-order valence-corrected chi connectivity index (χ4v) is 5.37. The highest BCUT2D eigenvalue weighted by Crippen LogP contribution is 2.33. The molecule has 0 aromatic heterocycles. The summed E-state index contributed by atoms with van der Waals surface area (Å²) in [7, 11) is -4.55. The van der Waals surface area contributed by atoms with E-state index in [9.17, 15) is 35.6 Å². The molecule has 3 rings (SSSR count). The number of rotatable bonds is 11. The minimum absolute atomic E-state index is 0.0700. The van der Waals surface area contributed by atoms with Gasteiger partial charge in [-0.1, -0.05) is 49.4 Å². The van der Waals surface area contributed by atoms with E-state index in [1.165, 1.54) is 49.4 Å². The van der Waals surface area contributed by atoms with Crippen LogP contribution in [0.1, 0.15) is 38.3 Å². The number of benzene rings is 3. The van der Waals surface area contributed by atoms with Crippen molar-refractivity contribution < 1.29 is 35.6 Å². The van der Waals surface area contributed by atoms with Crippen LogP contribution in [-0.2, 0) is 32.3 Å². The third kappa shape index (κ3) is 7.84. The quantitative estimate of drug-likeness (QED) is 0.303. The molecule has 7 nitrogen and oxygen atoms in total. The lowest BCUT2D eigenvalue weighted by molar-refractivity contribution is -0.139. The molecule has 220 valence electrons. The maximum atomic E-state index is 14.6. The van der Waals surface area contributed by atoms with E-state index in [0.29, 0.717) is 16.8 Å². The minimum atomic E-state index is -4.78. The van der Waals surface area contributed by atoms with Gasteiger partial charge in [0.15, 0.2) is 0 Å². The summed E-state index contributed by atoms with van der Waals surface area (Å²) in [6, 6.07) is 14.7. The van der Waals surface area contributed by atoms with Gasteiger partial charge in [-0.3, -0.25) is 13.9 Å². The van der Waals surface area contributed by atoms with E-state index >= 15 is 0 Å². The number of sulfonamides is 1. The van der Waals surface area contributed by atoms with Gasteiger partial charge in [0.25, 0.3) is 10.0 Å². The third-order valence-corrected chi connectivity index (χ3v) is 8.33. The van der Waals surface area contributed by atoms with Crippen LogP contribution in [0, 0.1) is 5.82 Å². The van der Waals surface area contributed by atoms with Crippen LogP contribution >= 0.6 is 0 Å². The zero-order valence-corrected chi connectivity index (χ0v) is 23.5. The molecule has 0 fully saturated rings. The largest absolute Gasteiger partial charge is 0.416 e. The first kappa shape index (κ1) is 31.6. The zero-order valence-electron chi connectivity index (χ0n) is 22.7. The number of nitrogens with one attached hydrogen (secondary N) is 1. The first-order valence-corrected chi connectivity index (χ1v) is 14.3. The topological polar surface area (TPSA) is 86.8 Å². The molecule has 0 spiro atoms. The average molecular weight is 594 g/mol. The van der Waals surface area contributed by atoms with Crippen LogP contribution in [0.25, 0.3) is 0 Å². The molecule has 2 amide bonds. The van der Waals surface area contributed by atoms with Crippen molar-refractivity contribution in [2.75, 3.05) is 10.8 Å². The van der Waals surface area contributed by atoms with Crippen LogP contribution in [0.15, 0.2) is 83.8 Å². The molecular formula is C29H31F4N3O4S. The molecular weight excluding hydrogens is 562 g/mol. The van der Waals surface area contributed by atoms with Crippen molar-refractivity contribution in [3.8, 4) is 0 Å². The second kappa shape index (κ2) is 13.2. The van der Waals surface area contributed by atoms with Crippen LogP contribution in [0.5, 0.6) is 0 Å². The van der Waals surface area contributed by atoms with E-state index < -0.39 is 57.7 Å². The van der Waals surface area contributed by atoms with Gasteiger partial charge in [0.05, 0.1) is 16.1 Å². The lowest BCUT2D eigenvalue weighted by Crippen LogP contribution is -2.52. The van der Waals surface area contributed by atoms with Gasteiger partial charge in [0.2, 0.25) is 11.8 Å². The Morgan fingerprint density at radius 1 is 0.927 bits per heavy atom. The van der Waals surface area contributed by atoms with Gasteiger partial charge in [-0.05, 0) is 56.7 Å². The fourth-order valence-electron chi connectivity index (χ4n) is 3.94. The van der Waals surface area contributed by atoms with Crippen molar-refractivity contribution in [1.29, 1.82) is 0 Å². The SMILES string of the molecule is CC[C@@H](C)NC(=O)[C@@H](C)N(Cc1ccccc1F)C(=O)CN(c1cccc(C(F)(F)F)c1)S(=O)(=O)c1ccccc1. The van der Waals surface area contributed by atoms with E-state index in [1.807, 2.05) is 6.92 Å². The Labute approximate surface area is 236 Å². The van der Waals surface area contributed by atoms with Crippen LogP contribution in [-0.4, -0.2) is 43.8 Å². The predicted octanol–water partition coefficient (Wildman–Crippen LogP) is 5.37. The number of anilines is 1. The van der Waals surface area contributed by atoms with Crippen molar-refractivity contribution >= 4 is 27.5 Å². The van der Waals surface area contributed by atoms with Crippen molar-refractivity contribution in [2.24, 2.45) is 0 Å². The maximum Gasteiger partial charge on any atom is 0.416 e. The first-order chi connectivity index (χ1) is 19.3. The van der Waals surface area contributed by atoms with Crippen molar-refractivity contribution in [1.82, 2.24) is 10.2 Å². The normalized spacial score (nSPS) is 13.2. The van der Waals surface area contributed by atoms with E-state index in [1.54, 1.807) is 19.1 Å². The maximum absolute atomic E-state index is 14.6. The molecule has 12 heteroatoms. The van der Waals surface area contributed by atoms with Gasteiger partial charge in [0.1, 0.15) is 18.4 Å². The molecule has 2 atom stereocenters. The smallest absolute Gasteiger partial charge is 0.352 e. The van der Waals surface area contributed by atoms with E-state index in [-0.39, 0.29) is 23.0 Å². The summed E-state index contributed by atoms with van der Waals surface area (Å²) in [5.74, 6) is -2.12. The number of nitrogens with zero attached hydrogens (tertiary/aromatic N) is 2. The summed E-state index contributed by atoms with van der Waals surface area (Å²) in [4.78, 5) is 27.6. The Kier molecular flexibility index (Phi) is 10.1. The van der Waals surface area contributed by atoms with E-state index in [2.05, 4.69) is 5.32 Å². The Morgan fingerprint density at radius 3 is 2.17 bits per heavy atom. The highest BCUT2D eigenvalue weighted by atomic mass is 32.2. The Morgan fingerprint density at radius 2 is 1.56 bits per heavy atom. The molecule has 0 aliphatic carbocycles. The summed E-state index contributed by atoms with van der Waals surface area (Å²) >= 11 is 0. The molecule has 0 aliphatic rings. The summed E-state index contributed by atoms with van der Waals surface area (Å²) < 4.78 is 83.1. The number of amides is 2. The van der Waals surface area contributed by atoms with Crippen LogP contribution in [0.4, 0.5) is 23.2 Å². The minimum Gasteiger partial charge on any atom is -0.352 e. The van der Waals surface area contributed by atoms with Gasteiger partial charge in [0, 0.05) is 18.2 Å². The molecule has 0 bridgehead atoms. The number of halogens is 4. The molecule has 3 aromatic carbocycles. The zero-order chi connectivity index (χ0) is 30.4. The summed E-state index contributed by atoms with van der Waals surface area (Å²) in [6.45, 7) is 3.68. The molecule has 1 N–H and O–H groups in total. The second-order valence-corrected chi connectivity index (χ2v) is 11.3. The lowest BCUT2D eigenvalue weighted by atomic mass is 10.1. The number of hydrogen-bond donors (Lipinski definition) is 1. The van der Waals surface area contributed by atoms with Gasteiger partial charge in [-0.15, -0.1) is 0 Å². The van der Waals surface area contributed by atoms with E-state index in [0.717, 1.165) is 23.1 Å². The Balaban J connectivity index is 2.08. The predicted molar refractivity (Wildman–Crippen MR) is 147 cm³/mol. The molecule has 0 radical (unpaired) electrons. The van der Waals surface area contributed by atoms with E-state index in [4.69, 9.17) is 0 Å². The average Bonchev–Trinajstić information content (AvgIpc) is 2.94. The summed E-state index contributed by atoms with van der Waals surface area (Å²) in [6.07, 6.45) is -4.18. The van der Waals surface area contributed by atoms with Crippen LogP contribution in [0.2, 0.25) is 0 Å². The second-order valence-electron chi connectivity index (χ2n) is 9.48. The summed E-state index contributed by atoms with van der Waals surface area (Å²) in [5, 5.41) is 2.75. The van der Waals surface area contributed by atoms with Crippen LogP contribution in [0.3, 0.4) is 0 Å². The van der Waals surface area contributed by atoms with Gasteiger partial charge in [-0.2, -0.15) is 13.2 Å². The molecule has 0 saturated carbocycles. The first-order valence-electron chi connectivity index (χ1n) is 12.8. The Hall–Kier alpha value is -3.93. The van der Waals surface area contributed by atoms with Crippen molar-refractivity contribution in [3.05, 3.63) is 95.8 Å². The Bertz CT molecular complexity index is 1470. The van der Waals surface area contributed by atoms with Gasteiger partial charge < -0.3 is 10.2 Å².